The largest absolute Gasteiger partial charge is 0.376 e. The molecule has 0 radical (unpaired) electrons. The summed E-state index contributed by atoms with van der Waals surface area (Å²) < 4.78 is 1.39. The number of hydrogen-bond donors (Lipinski definition) is 0. The van der Waals surface area contributed by atoms with Crippen LogP contribution in [0.25, 0.3) is 54.6 Å². The van der Waals surface area contributed by atoms with Gasteiger partial charge < -0.3 is 9.71 Å². The maximum Gasteiger partial charge on any atom is 0.334 e. The zero-order chi connectivity index (χ0) is 57.1. The van der Waals surface area contributed by atoms with Crippen molar-refractivity contribution in [1.29, 1.82) is 0 Å². The van der Waals surface area contributed by atoms with E-state index in [4.69, 9.17) is 0 Å². The van der Waals surface area contributed by atoms with Crippen molar-refractivity contribution in [3.05, 3.63) is 202 Å². The lowest BCUT2D eigenvalue weighted by atomic mass is 9.43. The summed E-state index contributed by atoms with van der Waals surface area (Å²) >= 11 is 2.03. The Morgan fingerprint density at radius 2 is 1.04 bits per heavy atom. The molecule has 0 unspecified atom stereocenters. The molecule has 4 heteroatoms. The summed E-state index contributed by atoms with van der Waals surface area (Å²) in [6.07, 6.45) is 4.69. The first-order valence-corrected chi connectivity index (χ1v) is 31.0. The Morgan fingerprint density at radius 1 is 0.457 bits per heavy atom. The zero-order valence-corrected chi connectivity index (χ0v) is 52.2. The van der Waals surface area contributed by atoms with Gasteiger partial charge in [0.1, 0.15) is 0 Å². The molecule has 4 aliphatic rings. The van der Waals surface area contributed by atoms with Gasteiger partial charge >= 0.3 is 6.85 Å². The van der Waals surface area contributed by atoms with Crippen molar-refractivity contribution in [3.63, 3.8) is 0 Å². The number of hydrogen-bond acceptors (Lipinski definition) is 3. The Kier molecular flexibility index (Phi) is 12.2. The molecule has 9 aromatic rings. The van der Waals surface area contributed by atoms with Crippen molar-refractivity contribution in [3.8, 4) is 44.5 Å². The van der Waals surface area contributed by atoms with Gasteiger partial charge in [-0.1, -0.05) is 206 Å². The second-order valence-electron chi connectivity index (χ2n) is 29.6. The van der Waals surface area contributed by atoms with Crippen molar-refractivity contribution in [1.82, 2.24) is 0 Å². The first kappa shape index (κ1) is 53.7. The predicted molar refractivity (Wildman–Crippen MR) is 353 cm³/mol. The highest BCUT2D eigenvalue weighted by atomic mass is 32.1. The van der Waals surface area contributed by atoms with Gasteiger partial charge in [0.2, 0.25) is 0 Å². The van der Waals surface area contributed by atoms with Gasteiger partial charge in [-0.2, -0.15) is 0 Å². The van der Waals surface area contributed by atoms with Crippen LogP contribution in [-0.4, -0.2) is 6.85 Å². The van der Waals surface area contributed by atoms with E-state index in [-0.39, 0.29) is 39.3 Å². The van der Waals surface area contributed by atoms with E-state index in [0.717, 1.165) is 13.0 Å². The summed E-state index contributed by atoms with van der Waals surface area (Å²) in [5, 5.41) is 2.75. The van der Waals surface area contributed by atoms with E-state index in [1.165, 1.54) is 157 Å². The van der Waals surface area contributed by atoms with Gasteiger partial charge in [0.25, 0.3) is 0 Å². The number of benzene rings is 8. The third-order valence-electron chi connectivity index (χ3n) is 20.1. The quantitative estimate of drug-likeness (QED) is 0.153. The molecule has 0 spiro atoms. The van der Waals surface area contributed by atoms with Gasteiger partial charge in [-0.05, 0) is 220 Å². The minimum Gasteiger partial charge on any atom is -0.376 e. The summed E-state index contributed by atoms with van der Waals surface area (Å²) in [7, 11) is 0. The second-order valence-corrected chi connectivity index (χ2v) is 30.6. The molecule has 0 fully saturated rings. The summed E-state index contributed by atoms with van der Waals surface area (Å²) in [6, 6.07) is 60.4. The Bertz CT molecular complexity index is 4000. The van der Waals surface area contributed by atoms with Crippen LogP contribution in [0.15, 0.2) is 152 Å². The van der Waals surface area contributed by atoms with Crippen molar-refractivity contribution >= 4 is 61.3 Å². The predicted octanol–water partition coefficient (Wildman–Crippen LogP) is 20.4. The Hall–Kier alpha value is -6.62. The zero-order valence-electron chi connectivity index (χ0n) is 51.3. The van der Waals surface area contributed by atoms with E-state index in [2.05, 4.69) is 272 Å². The summed E-state index contributed by atoms with van der Waals surface area (Å²) in [5.74, 6) is 0. The topological polar surface area (TPSA) is 6.48 Å². The lowest BCUT2D eigenvalue weighted by Crippen LogP contribution is -2.61. The van der Waals surface area contributed by atoms with E-state index >= 15 is 0 Å². The van der Waals surface area contributed by atoms with Crippen LogP contribution < -0.4 is 20.6 Å². The van der Waals surface area contributed by atoms with E-state index in [1.807, 2.05) is 11.3 Å². The fraction of sp³-hybridized carbons (Fsp3) is 0.351. The van der Waals surface area contributed by atoms with Gasteiger partial charge in [0, 0.05) is 33.9 Å². The van der Waals surface area contributed by atoms with Crippen LogP contribution in [0.4, 0.5) is 22.1 Å². The number of anilines is 4. The van der Waals surface area contributed by atoms with Crippen LogP contribution in [0, 0.1) is 13.8 Å². The number of thiophene rings is 1. The van der Waals surface area contributed by atoms with Crippen molar-refractivity contribution in [2.75, 3.05) is 9.71 Å². The lowest BCUT2D eigenvalue weighted by molar-refractivity contribution is 0.332. The fourth-order valence-electron chi connectivity index (χ4n) is 14.8. The van der Waals surface area contributed by atoms with Crippen LogP contribution >= 0.6 is 11.3 Å². The van der Waals surface area contributed by atoms with Crippen molar-refractivity contribution in [2.45, 2.75) is 175 Å². The number of aryl methyl sites for hydroxylation is 2. The van der Waals surface area contributed by atoms with Crippen LogP contribution in [0.3, 0.4) is 0 Å². The monoisotopic (exact) mass is 1080 g/mol. The molecule has 2 aliphatic carbocycles. The van der Waals surface area contributed by atoms with Crippen LogP contribution in [-0.2, 0) is 39.0 Å². The minimum atomic E-state index is -0.125. The molecule has 8 aromatic carbocycles. The van der Waals surface area contributed by atoms with Crippen LogP contribution in [0.2, 0.25) is 0 Å². The summed E-state index contributed by atoms with van der Waals surface area (Å²) in [4.78, 5) is 5.61. The maximum atomic E-state index is 2.83. The molecule has 13 rings (SSSR count). The van der Waals surface area contributed by atoms with Gasteiger partial charge in [-0.25, -0.2) is 0 Å². The first-order chi connectivity index (χ1) is 38.2. The molecule has 3 heterocycles. The highest BCUT2D eigenvalue weighted by Crippen LogP contribution is 2.55. The SMILES string of the molecule is Cc1cccc(C)c1-c1cc2c3c(c1)N(Cc1ccc(C(C)(C)C)cc1-c1ccccc1)c1sc4cc5c(cc4c1B3N(c1ccc3c(c1)C(C)(C)CCC3(C)C)c1cc(-c3ccc(C(C)(C)C)cc3)ccc1-2)C(C)(C)CCC5(C)C. The minimum absolute atomic E-state index is 0.00717. The van der Waals surface area contributed by atoms with Gasteiger partial charge in [-0.15, -0.1) is 11.3 Å². The fourth-order valence-corrected chi connectivity index (χ4v) is 16.0. The average Bonchev–Trinajstić information content (AvgIpc) is 2.18. The molecule has 2 nitrogen and oxygen atoms in total. The molecule has 0 saturated carbocycles. The average molecular weight is 1080 g/mol. The normalized spacial score (nSPS) is 17.3. The molecule has 0 N–H and O–H groups in total. The molecule has 0 amide bonds. The number of rotatable bonds is 6. The number of fused-ring (bicyclic) bond motifs is 8. The Morgan fingerprint density at radius 3 is 1.68 bits per heavy atom. The molecule has 0 saturated heterocycles. The molecular weight excluding hydrogens is 996 g/mol. The van der Waals surface area contributed by atoms with E-state index in [1.54, 1.807) is 0 Å². The standard InChI is InChI=1S/C77H83BN2S/c1-47-21-20-22-48(2)68(47)53-39-59-57-33-28-51(49-25-29-54(30-26-49)72(3,4)5)40-65(57)80(56-32-34-61-62(43-56)75(11,12)36-35-74(61,9)10)78-69(59)66(41-53)79(46-52-27-31-55(73(6,7)8)42-58(52)50-23-18-17-19-24-50)71-70(78)60-44-63-64(45-67(60)81-71)77(15,16)38-37-76(63,13)14/h17-34,39-45H,35-38,46H2,1-16H3. The van der Waals surface area contributed by atoms with Gasteiger partial charge in [0.15, 0.2) is 0 Å². The van der Waals surface area contributed by atoms with Crippen molar-refractivity contribution < 1.29 is 0 Å². The molecule has 1 aromatic heterocycles. The molecule has 0 bridgehead atoms. The van der Waals surface area contributed by atoms with Crippen molar-refractivity contribution in [2.24, 2.45) is 0 Å². The van der Waals surface area contributed by atoms with Crippen LogP contribution in [0.1, 0.15) is 173 Å². The highest BCUT2D eigenvalue weighted by Gasteiger charge is 2.49. The first-order valence-electron chi connectivity index (χ1n) is 30.2. The smallest absolute Gasteiger partial charge is 0.334 e. The maximum absolute atomic E-state index is 2.83. The third kappa shape index (κ3) is 8.78. The van der Waals surface area contributed by atoms with Gasteiger partial charge in [0.05, 0.1) is 5.00 Å². The molecule has 81 heavy (non-hydrogen) atoms. The van der Waals surface area contributed by atoms with Crippen LogP contribution in [0.5, 0.6) is 0 Å². The van der Waals surface area contributed by atoms with Gasteiger partial charge in [-0.3, -0.25) is 0 Å². The molecule has 410 valence electrons. The van der Waals surface area contributed by atoms with E-state index in [9.17, 15) is 0 Å². The Balaban J connectivity index is 1.17. The summed E-state index contributed by atoms with van der Waals surface area (Å²) in [5.41, 5.74) is 29.9. The van der Waals surface area contributed by atoms with E-state index < -0.39 is 0 Å². The summed E-state index contributed by atoms with van der Waals surface area (Å²) in [6.45, 7) is 39.1. The third-order valence-corrected chi connectivity index (χ3v) is 21.3. The number of nitrogens with zero attached hydrogens (tertiary/aromatic N) is 2. The lowest BCUT2D eigenvalue weighted by Gasteiger charge is -2.47. The second kappa shape index (κ2) is 18.4. The molecule has 2 aliphatic heterocycles. The Labute approximate surface area is 489 Å². The molecule has 0 atom stereocenters. The molecular formula is C77H83BN2S. The highest BCUT2D eigenvalue weighted by molar-refractivity contribution is 7.26. The van der Waals surface area contributed by atoms with E-state index in [0.29, 0.717) is 0 Å².